The molecule has 6 fully saturated rings. The number of hydrogen-bond donors (Lipinski definition) is 0. The minimum atomic E-state index is -0.444. The Morgan fingerprint density at radius 3 is 1.90 bits per heavy atom. The van der Waals surface area contributed by atoms with Gasteiger partial charge in [-0.1, -0.05) is 45.5 Å². The van der Waals surface area contributed by atoms with Crippen molar-refractivity contribution in [1.29, 1.82) is 0 Å². The molecular weight excluding hydrogens is 498 g/mol. The third-order valence-electron chi connectivity index (χ3n) is 11.6. The molecule has 8 heteroatoms. The van der Waals surface area contributed by atoms with Crippen molar-refractivity contribution in [3.05, 3.63) is 12.7 Å². The quantitative estimate of drug-likeness (QED) is 0.187. The fraction of sp³-hybridized carbons (Fsp3) is 0.903. The SMILES string of the molecule is C=CCO/N=C(/C[C@H]1O[C@H](OC)[C@@]23OC(C)C2C(C)C[C@H]3[C@H]1C)[C@H]1O[C@H](OC)[C@@]23OC(C)C2C(C)C[C@H]3[C@H]1C. The van der Waals surface area contributed by atoms with E-state index in [-0.39, 0.29) is 47.5 Å². The fourth-order valence-corrected chi connectivity index (χ4v) is 10.4. The maximum Gasteiger partial charge on any atom is 0.187 e. The highest BCUT2D eigenvalue weighted by Crippen LogP contribution is 2.65. The lowest BCUT2D eigenvalue weighted by atomic mass is 9.65. The molecule has 220 valence electrons. The topological polar surface area (TPSA) is 77.0 Å². The number of hydrogen-bond acceptors (Lipinski definition) is 8. The van der Waals surface area contributed by atoms with Crippen LogP contribution in [0.3, 0.4) is 0 Å². The van der Waals surface area contributed by atoms with E-state index in [0.29, 0.717) is 48.5 Å². The van der Waals surface area contributed by atoms with Crippen LogP contribution >= 0.6 is 0 Å². The molecule has 0 amide bonds. The molecule has 0 bridgehead atoms. The predicted molar refractivity (Wildman–Crippen MR) is 146 cm³/mol. The van der Waals surface area contributed by atoms with Gasteiger partial charge >= 0.3 is 0 Å². The van der Waals surface area contributed by atoms with Gasteiger partial charge in [0.25, 0.3) is 0 Å². The largest absolute Gasteiger partial charge is 0.392 e. The molecule has 2 spiro atoms. The number of methoxy groups -OCH3 is 2. The normalized spacial score (nSPS) is 55.9. The summed E-state index contributed by atoms with van der Waals surface area (Å²) in [4.78, 5) is 5.73. The molecule has 4 aliphatic heterocycles. The number of ether oxygens (including phenoxy) is 6. The van der Waals surface area contributed by atoms with Gasteiger partial charge in [0.05, 0.1) is 24.0 Å². The van der Waals surface area contributed by atoms with E-state index in [1.165, 1.54) is 0 Å². The van der Waals surface area contributed by atoms with Gasteiger partial charge < -0.3 is 33.3 Å². The molecule has 6 aliphatic rings. The Morgan fingerprint density at radius 2 is 1.38 bits per heavy atom. The summed E-state index contributed by atoms with van der Waals surface area (Å²) in [7, 11) is 3.47. The van der Waals surface area contributed by atoms with Crippen molar-refractivity contribution in [2.75, 3.05) is 20.8 Å². The number of oxime groups is 1. The Kier molecular flexibility index (Phi) is 7.25. The van der Waals surface area contributed by atoms with Crippen molar-refractivity contribution >= 4 is 5.71 Å². The minimum Gasteiger partial charge on any atom is -0.392 e. The van der Waals surface area contributed by atoms with E-state index in [1.54, 1.807) is 20.3 Å². The molecule has 4 heterocycles. The first-order chi connectivity index (χ1) is 18.6. The summed E-state index contributed by atoms with van der Waals surface area (Å²) in [6.45, 7) is 17.8. The molecule has 16 atom stereocenters. The zero-order valence-electron chi connectivity index (χ0n) is 25.0. The molecule has 39 heavy (non-hydrogen) atoms. The minimum absolute atomic E-state index is 0.0926. The summed E-state index contributed by atoms with van der Waals surface area (Å²) in [5.74, 6) is 3.19. The monoisotopic (exact) mass is 547 g/mol. The molecule has 4 saturated heterocycles. The van der Waals surface area contributed by atoms with E-state index >= 15 is 0 Å². The van der Waals surface area contributed by atoms with Gasteiger partial charge in [0.2, 0.25) is 0 Å². The first kappa shape index (κ1) is 28.1. The predicted octanol–water partition coefficient (Wildman–Crippen LogP) is 4.81. The highest BCUT2D eigenvalue weighted by atomic mass is 16.7. The Hall–Kier alpha value is -1.03. The van der Waals surface area contributed by atoms with E-state index < -0.39 is 12.6 Å². The maximum atomic E-state index is 6.78. The van der Waals surface area contributed by atoms with Gasteiger partial charge in [0.1, 0.15) is 23.9 Å². The van der Waals surface area contributed by atoms with Gasteiger partial charge in [-0.25, -0.2) is 0 Å². The maximum absolute atomic E-state index is 6.78. The van der Waals surface area contributed by atoms with Crippen LogP contribution in [0.1, 0.15) is 60.8 Å². The molecule has 6 rings (SSSR count). The Labute approximate surface area is 234 Å². The van der Waals surface area contributed by atoms with Gasteiger partial charge in [-0.3, -0.25) is 0 Å². The molecule has 0 aromatic heterocycles. The molecular formula is C31H49NO7. The molecule has 6 unspecified atom stereocenters. The summed E-state index contributed by atoms with van der Waals surface area (Å²) < 4.78 is 38.6. The van der Waals surface area contributed by atoms with Crippen LogP contribution in [0, 0.1) is 47.3 Å². The van der Waals surface area contributed by atoms with Crippen LogP contribution in [0.2, 0.25) is 0 Å². The van der Waals surface area contributed by atoms with Gasteiger partial charge in [0, 0.05) is 32.5 Å². The molecule has 0 radical (unpaired) electrons. The van der Waals surface area contributed by atoms with Gasteiger partial charge in [-0.05, 0) is 62.2 Å². The van der Waals surface area contributed by atoms with Crippen molar-refractivity contribution < 1.29 is 33.3 Å². The van der Waals surface area contributed by atoms with Crippen LogP contribution in [-0.2, 0) is 33.3 Å². The van der Waals surface area contributed by atoms with E-state index in [9.17, 15) is 0 Å². The number of nitrogens with zero attached hydrogens (tertiary/aromatic N) is 1. The van der Waals surface area contributed by atoms with Crippen LogP contribution in [-0.4, -0.2) is 74.7 Å². The van der Waals surface area contributed by atoms with Crippen LogP contribution < -0.4 is 0 Å². The zero-order valence-corrected chi connectivity index (χ0v) is 25.0. The third-order valence-corrected chi connectivity index (χ3v) is 11.6. The Bertz CT molecular complexity index is 975. The summed E-state index contributed by atoms with van der Waals surface area (Å²) in [5, 5.41) is 4.67. The molecule has 8 nitrogen and oxygen atoms in total. The third kappa shape index (κ3) is 3.74. The first-order valence-electron chi connectivity index (χ1n) is 15.2. The van der Waals surface area contributed by atoms with Gasteiger partial charge in [-0.15, -0.1) is 0 Å². The molecule has 0 N–H and O–H groups in total. The van der Waals surface area contributed by atoms with Crippen molar-refractivity contribution in [1.82, 2.24) is 0 Å². The summed E-state index contributed by atoms with van der Waals surface area (Å²) in [6, 6.07) is 0. The van der Waals surface area contributed by atoms with E-state index in [2.05, 4.69) is 53.3 Å². The summed E-state index contributed by atoms with van der Waals surface area (Å²) in [5.41, 5.74) is 0.125. The lowest BCUT2D eigenvalue weighted by molar-refractivity contribution is -0.393. The molecule has 2 aliphatic carbocycles. The van der Waals surface area contributed by atoms with Crippen molar-refractivity contribution in [2.45, 2.75) is 109 Å². The van der Waals surface area contributed by atoms with Crippen molar-refractivity contribution in [2.24, 2.45) is 52.5 Å². The summed E-state index contributed by atoms with van der Waals surface area (Å²) in [6.07, 6.45) is 3.80. The van der Waals surface area contributed by atoms with Crippen LogP contribution in [0.15, 0.2) is 17.8 Å². The Balaban J connectivity index is 1.27. The second-order valence-electron chi connectivity index (χ2n) is 13.5. The number of rotatable bonds is 8. The molecule has 0 aromatic carbocycles. The first-order valence-corrected chi connectivity index (χ1v) is 15.2. The van der Waals surface area contributed by atoms with Gasteiger partial charge in [-0.2, -0.15) is 0 Å². The fourth-order valence-electron chi connectivity index (χ4n) is 10.4. The summed E-state index contributed by atoms with van der Waals surface area (Å²) >= 11 is 0. The van der Waals surface area contributed by atoms with E-state index in [0.717, 1.165) is 18.6 Å². The standard InChI is InChI=1S/C31H49NO7/c1-10-11-35-32-23(27-18(5)22-13-16(3)26-20(7)39-31(22,26)29(34-9)37-27)14-24-17(4)21-12-15(2)25-19(6)38-30(21,25)28(33-8)36-24/h10,15-22,24-29H,1,11-14H2,2-9H3/b32-23-/t15?,16?,17-,18-,19?,20?,21+,22+,24-,25?,26?,27+,28+,29+,30+,31+/m1/s1. The van der Waals surface area contributed by atoms with E-state index in [1.807, 2.05) is 0 Å². The van der Waals surface area contributed by atoms with E-state index in [4.69, 9.17) is 33.3 Å². The highest BCUT2D eigenvalue weighted by Gasteiger charge is 2.74. The van der Waals surface area contributed by atoms with Gasteiger partial charge in [0.15, 0.2) is 12.6 Å². The second-order valence-corrected chi connectivity index (χ2v) is 13.5. The van der Waals surface area contributed by atoms with Crippen LogP contribution in [0.4, 0.5) is 0 Å². The second kappa shape index (κ2) is 10.1. The van der Waals surface area contributed by atoms with Crippen molar-refractivity contribution in [3.8, 4) is 0 Å². The van der Waals surface area contributed by atoms with Crippen LogP contribution in [0.25, 0.3) is 0 Å². The van der Waals surface area contributed by atoms with Crippen molar-refractivity contribution in [3.63, 3.8) is 0 Å². The average Bonchev–Trinajstić information content (AvgIpc) is 3.28. The van der Waals surface area contributed by atoms with Crippen LogP contribution in [0.5, 0.6) is 0 Å². The molecule has 0 aromatic rings. The zero-order chi connectivity index (χ0) is 27.9. The highest BCUT2D eigenvalue weighted by molar-refractivity contribution is 5.89. The average molecular weight is 548 g/mol. The smallest absolute Gasteiger partial charge is 0.187 e. The lowest BCUT2D eigenvalue weighted by Gasteiger charge is -2.61. The lowest BCUT2D eigenvalue weighted by Crippen LogP contribution is -2.72. The Morgan fingerprint density at radius 1 is 0.846 bits per heavy atom. The molecule has 2 saturated carbocycles.